The highest BCUT2D eigenvalue weighted by atomic mass is 35.5. The van der Waals surface area contributed by atoms with Crippen molar-refractivity contribution in [1.29, 1.82) is 0 Å². The summed E-state index contributed by atoms with van der Waals surface area (Å²) >= 11 is 0. The maximum Gasteiger partial charge on any atom is 0.255 e. The van der Waals surface area contributed by atoms with Crippen molar-refractivity contribution in [2.24, 2.45) is 5.92 Å². The number of nitrogens with one attached hydrogen (secondary N) is 2. The third-order valence-electron chi connectivity index (χ3n) is 4.73. The maximum atomic E-state index is 12.6. The molecule has 1 aromatic rings. The summed E-state index contributed by atoms with van der Waals surface area (Å²) in [6, 6.07) is 4.99. The van der Waals surface area contributed by atoms with E-state index in [1.54, 1.807) is 11.0 Å². The Balaban J connectivity index is 0.00000182. The monoisotopic (exact) mass is 359 g/mol. The van der Waals surface area contributed by atoms with Crippen molar-refractivity contribution in [2.75, 3.05) is 13.1 Å². The van der Waals surface area contributed by atoms with Crippen LogP contribution in [0.25, 0.3) is 0 Å². The van der Waals surface area contributed by atoms with Crippen LogP contribution < -0.4 is 10.6 Å². The molecule has 1 unspecified atom stereocenters. The number of benzene rings is 1. The number of nitrogens with zero attached hydrogens (tertiary/aromatic N) is 1. The van der Waals surface area contributed by atoms with Crippen LogP contribution in [0.5, 0.6) is 0 Å². The molecule has 0 bridgehead atoms. The second-order valence-corrected chi connectivity index (χ2v) is 6.40. The van der Waals surface area contributed by atoms with Gasteiger partial charge in [-0.3, -0.25) is 19.7 Å². The highest BCUT2D eigenvalue weighted by Gasteiger charge is 2.38. The first-order chi connectivity index (χ1) is 11.6. The van der Waals surface area contributed by atoms with Gasteiger partial charge in [0.25, 0.3) is 5.91 Å². The van der Waals surface area contributed by atoms with Crippen molar-refractivity contribution in [3.05, 3.63) is 34.9 Å². The number of carbonyl (C=O) groups excluding carboxylic acids is 3. The highest BCUT2D eigenvalue weighted by Crippen LogP contribution is 2.28. The first kappa shape index (κ1) is 17.5. The van der Waals surface area contributed by atoms with E-state index in [1.807, 2.05) is 12.1 Å². The molecule has 130 valence electrons. The van der Waals surface area contributed by atoms with Gasteiger partial charge in [-0.05, 0) is 30.2 Å². The SMILES string of the molecule is Cl.O=C1CCC(N2Cc3cc(C#CC4CNC4)ccc3C2=O)C(=O)N1. The summed E-state index contributed by atoms with van der Waals surface area (Å²) in [4.78, 5) is 37.4. The molecule has 3 heterocycles. The van der Waals surface area contributed by atoms with Gasteiger partial charge in [0.15, 0.2) is 0 Å². The predicted molar refractivity (Wildman–Crippen MR) is 93.0 cm³/mol. The van der Waals surface area contributed by atoms with Crippen LogP contribution >= 0.6 is 12.4 Å². The van der Waals surface area contributed by atoms with Crippen molar-refractivity contribution in [2.45, 2.75) is 25.4 Å². The van der Waals surface area contributed by atoms with Crippen LogP contribution in [0.3, 0.4) is 0 Å². The Morgan fingerprint density at radius 2 is 1.96 bits per heavy atom. The zero-order valence-electron chi connectivity index (χ0n) is 13.5. The average molecular weight is 360 g/mol. The molecule has 3 aliphatic heterocycles. The molecule has 4 rings (SSSR count). The van der Waals surface area contributed by atoms with Crippen molar-refractivity contribution in [3.8, 4) is 11.8 Å². The summed E-state index contributed by atoms with van der Waals surface area (Å²) in [5, 5.41) is 5.49. The smallest absolute Gasteiger partial charge is 0.255 e. The van der Waals surface area contributed by atoms with Gasteiger partial charge in [0.2, 0.25) is 11.8 Å². The van der Waals surface area contributed by atoms with Gasteiger partial charge < -0.3 is 10.2 Å². The van der Waals surface area contributed by atoms with Gasteiger partial charge in [-0.2, -0.15) is 0 Å². The lowest BCUT2D eigenvalue weighted by atomic mass is 10.0. The van der Waals surface area contributed by atoms with E-state index in [4.69, 9.17) is 0 Å². The Labute approximate surface area is 151 Å². The number of halogens is 1. The van der Waals surface area contributed by atoms with Crippen LogP contribution in [-0.2, 0) is 16.1 Å². The number of fused-ring (bicyclic) bond motifs is 1. The maximum absolute atomic E-state index is 12.6. The van der Waals surface area contributed by atoms with Crippen molar-refractivity contribution < 1.29 is 14.4 Å². The predicted octanol–water partition coefficient (Wildman–Crippen LogP) is 0.440. The second-order valence-electron chi connectivity index (χ2n) is 6.40. The van der Waals surface area contributed by atoms with Crippen LogP contribution in [-0.4, -0.2) is 41.8 Å². The molecule has 25 heavy (non-hydrogen) atoms. The van der Waals surface area contributed by atoms with Gasteiger partial charge in [-0.1, -0.05) is 11.8 Å². The van der Waals surface area contributed by atoms with E-state index >= 15 is 0 Å². The fraction of sp³-hybridized carbons (Fsp3) is 0.389. The topological polar surface area (TPSA) is 78.5 Å². The Morgan fingerprint density at radius 3 is 2.64 bits per heavy atom. The van der Waals surface area contributed by atoms with E-state index in [2.05, 4.69) is 22.5 Å². The third kappa shape index (κ3) is 3.26. The quantitative estimate of drug-likeness (QED) is 0.563. The van der Waals surface area contributed by atoms with Crippen LogP contribution in [0.2, 0.25) is 0 Å². The molecule has 0 spiro atoms. The molecule has 0 radical (unpaired) electrons. The number of amides is 3. The summed E-state index contributed by atoms with van der Waals surface area (Å²) in [6.45, 7) is 2.25. The summed E-state index contributed by atoms with van der Waals surface area (Å²) in [5.74, 6) is 5.96. The molecule has 2 fully saturated rings. The van der Waals surface area contributed by atoms with Gasteiger partial charge in [0.05, 0.1) is 0 Å². The first-order valence-corrected chi connectivity index (χ1v) is 8.11. The average Bonchev–Trinajstić information content (AvgIpc) is 2.82. The number of hydrogen-bond donors (Lipinski definition) is 2. The molecule has 3 amide bonds. The summed E-state index contributed by atoms with van der Waals surface area (Å²) in [6.07, 6.45) is 0.647. The van der Waals surface area contributed by atoms with Gasteiger partial charge in [-0.25, -0.2) is 0 Å². The Bertz CT molecular complexity index is 808. The van der Waals surface area contributed by atoms with E-state index < -0.39 is 6.04 Å². The Kier molecular flexibility index (Phi) is 4.80. The van der Waals surface area contributed by atoms with Crippen LogP contribution in [0.15, 0.2) is 18.2 Å². The molecule has 0 aliphatic carbocycles. The molecule has 3 aliphatic rings. The fourth-order valence-electron chi connectivity index (χ4n) is 3.23. The lowest BCUT2D eigenvalue weighted by Gasteiger charge is -2.29. The lowest BCUT2D eigenvalue weighted by molar-refractivity contribution is -0.136. The summed E-state index contributed by atoms with van der Waals surface area (Å²) in [7, 11) is 0. The molecule has 7 heteroatoms. The molecular weight excluding hydrogens is 342 g/mol. The van der Waals surface area contributed by atoms with E-state index in [1.165, 1.54) is 0 Å². The van der Waals surface area contributed by atoms with Crippen molar-refractivity contribution >= 4 is 30.1 Å². The molecular formula is C18H18ClN3O3. The zero-order valence-corrected chi connectivity index (χ0v) is 14.3. The molecule has 2 saturated heterocycles. The molecule has 1 atom stereocenters. The van der Waals surface area contributed by atoms with E-state index in [0.717, 1.165) is 24.2 Å². The van der Waals surface area contributed by atoms with E-state index in [-0.39, 0.29) is 36.5 Å². The highest BCUT2D eigenvalue weighted by molar-refractivity contribution is 6.05. The number of rotatable bonds is 1. The summed E-state index contributed by atoms with van der Waals surface area (Å²) in [5.41, 5.74) is 2.40. The largest absolute Gasteiger partial charge is 0.322 e. The normalized spacial score (nSPS) is 22.3. The third-order valence-corrected chi connectivity index (χ3v) is 4.73. The number of piperidine rings is 1. The Morgan fingerprint density at radius 1 is 1.16 bits per heavy atom. The minimum atomic E-state index is -0.571. The molecule has 0 aromatic heterocycles. The first-order valence-electron chi connectivity index (χ1n) is 8.11. The molecule has 1 aromatic carbocycles. The molecule has 2 N–H and O–H groups in total. The van der Waals surface area contributed by atoms with Crippen molar-refractivity contribution in [3.63, 3.8) is 0 Å². The van der Waals surface area contributed by atoms with Crippen LogP contribution in [0.4, 0.5) is 0 Å². The Hall–Kier alpha value is -2.36. The lowest BCUT2D eigenvalue weighted by Crippen LogP contribution is -2.52. The van der Waals surface area contributed by atoms with E-state index in [9.17, 15) is 14.4 Å². The second kappa shape index (κ2) is 6.87. The molecule has 6 nitrogen and oxygen atoms in total. The van der Waals surface area contributed by atoms with E-state index in [0.29, 0.717) is 24.4 Å². The van der Waals surface area contributed by atoms with Gasteiger partial charge in [0, 0.05) is 43.1 Å². The summed E-state index contributed by atoms with van der Waals surface area (Å²) < 4.78 is 0. The minimum Gasteiger partial charge on any atom is -0.322 e. The number of carbonyl (C=O) groups is 3. The zero-order chi connectivity index (χ0) is 16.7. The fourth-order valence-corrected chi connectivity index (χ4v) is 3.23. The van der Waals surface area contributed by atoms with Crippen LogP contribution in [0.1, 0.15) is 34.3 Å². The van der Waals surface area contributed by atoms with Gasteiger partial charge >= 0.3 is 0 Å². The number of hydrogen-bond acceptors (Lipinski definition) is 4. The number of imide groups is 1. The minimum absolute atomic E-state index is 0. The van der Waals surface area contributed by atoms with Crippen LogP contribution in [0, 0.1) is 17.8 Å². The van der Waals surface area contributed by atoms with Gasteiger partial charge in [-0.15, -0.1) is 12.4 Å². The standard InChI is InChI=1S/C18H17N3O3.ClH/c22-16-6-5-15(17(23)20-16)21-10-13-7-11(1-2-12-8-19-9-12)3-4-14(13)18(21)24;/h3-4,7,12,15,19H,5-6,8-10H2,(H,20,22,23);1H. The molecule has 0 saturated carbocycles. The van der Waals surface area contributed by atoms with Gasteiger partial charge in [0.1, 0.15) is 6.04 Å². The van der Waals surface area contributed by atoms with Crippen molar-refractivity contribution in [1.82, 2.24) is 15.5 Å².